The normalized spacial score (nSPS) is 23.1. The van der Waals surface area contributed by atoms with Gasteiger partial charge >= 0.3 is 0 Å². The molecule has 2 aliphatic rings. The van der Waals surface area contributed by atoms with E-state index in [4.69, 9.17) is 9.47 Å². The van der Waals surface area contributed by atoms with Gasteiger partial charge in [0.15, 0.2) is 5.82 Å². The molecule has 0 N–H and O–H groups in total. The third-order valence-corrected chi connectivity index (χ3v) is 5.34. The predicted molar refractivity (Wildman–Crippen MR) is 83.9 cm³/mol. The Hall–Kier alpha value is -1.57. The molecular weight excluding hydrogens is 317 g/mol. The zero-order valence-corrected chi connectivity index (χ0v) is 13.5. The summed E-state index contributed by atoms with van der Waals surface area (Å²) in [6.45, 7) is 3.81. The molecule has 4 rings (SSSR count). The van der Waals surface area contributed by atoms with E-state index in [9.17, 15) is 4.39 Å². The standard InChI is InChI=1S/C16H18FN3O2S/c17-13-2-1-4-19-15(13)21-9-12-3-6-22-16(12)10-20(11-16)8-14-18-5-7-23-14/h1-2,4-5,7,12H,3,6,8-11H2/t12-/m1/s1. The molecule has 2 aromatic rings. The van der Waals surface area contributed by atoms with Crippen LogP contribution in [0.4, 0.5) is 4.39 Å². The topological polar surface area (TPSA) is 47.5 Å². The lowest BCUT2D eigenvalue weighted by Crippen LogP contribution is -2.64. The number of halogens is 1. The van der Waals surface area contributed by atoms with Gasteiger partial charge < -0.3 is 9.47 Å². The number of likely N-dealkylation sites (tertiary alicyclic amines) is 1. The molecule has 4 heterocycles. The van der Waals surface area contributed by atoms with Crippen LogP contribution in [0.3, 0.4) is 0 Å². The Morgan fingerprint density at radius 2 is 2.30 bits per heavy atom. The minimum absolute atomic E-state index is 0.0773. The van der Waals surface area contributed by atoms with Crippen molar-refractivity contribution in [3.63, 3.8) is 0 Å². The van der Waals surface area contributed by atoms with Gasteiger partial charge in [-0.2, -0.15) is 0 Å². The van der Waals surface area contributed by atoms with Crippen LogP contribution in [0.5, 0.6) is 5.88 Å². The first-order chi connectivity index (χ1) is 11.3. The summed E-state index contributed by atoms with van der Waals surface area (Å²) in [5, 5.41) is 3.12. The number of hydrogen-bond donors (Lipinski definition) is 0. The van der Waals surface area contributed by atoms with E-state index in [2.05, 4.69) is 14.9 Å². The Morgan fingerprint density at radius 1 is 1.39 bits per heavy atom. The van der Waals surface area contributed by atoms with Gasteiger partial charge in [0.25, 0.3) is 0 Å². The van der Waals surface area contributed by atoms with Crippen LogP contribution in [0, 0.1) is 11.7 Å². The average Bonchev–Trinajstić information content (AvgIpc) is 3.16. The summed E-state index contributed by atoms with van der Waals surface area (Å²) in [7, 11) is 0. The van der Waals surface area contributed by atoms with E-state index in [0.717, 1.165) is 37.7 Å². The monoisotopic (exact) mass is 335 g/mol. The molecule has 0 amide bonds. The number of nitrogens with zero attached hydrogens (tertiary/aromatic N) is 3. The molecule has 2 aromatic heterocycles. The smallest absolute Gasteiger partial charge is 0.250 e. The maximum absolute atomic E-state index is 13.6. The Labute approximate surface area is 138 Å². The first-order valence-corrected chi connectivity index (χ1v) is 8.61. The molecule has 122 valence electrons. The molecule has 23 heavy (non-hydrogen) atoms. The van der Waals surface area contributed by atoms with E-state index in [1.807, 2.05) is 11.6 Å². The summed E-state index contributed by atoms with van der Waals surface area (Å²) in [6.07, 6.45) is 4.32. The third-order valence-electron chi connectivity index (χ3n) is 4.57. The van der Waals surface area contributed by atoms with Gasteiger partial charge in [0, 0.05) is 43.4 Å². The van der Waals surface area contributed by atoms with Crippen molar-refractivity contribution in [3.05, 3.63) is 40.7 Å². The number of ether oxygens (including phenoxy) is 2. The second-order valence-electron chi connectivity index (χ2n) is 6.07. The lowest BCUT2D eigenvalue weighted by molar-refractivity contribution is -0.140. The van der Waals surface area contributed by atoms with Gasteiger partial charge in [0.1, 0.15) is 5.01 Å². The predicted octanol–water partition coefficient (Wildman–Crippen LogP) is 2.35. The fourth-order valence-corrected chi connectivity index (χ4v) is 4.03. The van der Waals surface area contributed by atoms with Crippen LogP contribution in [0.2, 0.25) is 0 Å². The van der Waals surface area contributed by atoms with Crippen molar-refractivity contribution >= 4 is 11.3 Å². The van der Waals surface area contributed by atoms with Crippen molar-refractivity contribution in [2.45, 2.75) is 18.6 Å². The maximum Gasteiger partial charge on any atom is 0.250 e. The highest BCUT2D eigenvalue weighted by atomic mass is 32.1. The van der Waals surface area contributed by atoms with Crippen molar-refractivity contribution in [3.8, 4) is 5.88 Å². The zero-order chi connectivity index (χ0) is 15.7. The largest absolute Gasteiger partial charge is 0.475 e. The second kappa shape index (κ2) is 6.14. The zero-order valence-electron chi connectivity index (χ0n) is 12.7. The number of pyridine rings is 1. The van der Waals surface area contributed by atoms with Crippen molar-refractivity contribution in [2.75, 3.05) is 26.3 Å². The summed E-state index contributed by atoms with van der Waals surface area (Å²) in [5.41, 5.74) is -0.150. The van der Waals surface area contributed by atoms with E-state index in [-0.39, 0.29) is 17.4 Å². The van der Waals surface area contributed by atoms with Crippen LogP contribution in [-0.2, 0) is 11.3 Å². The minimum atomic E-state index is -0.417. The molecular formula is C16H18FN3O2S. The van der Waals surface area contributed by atoms with Crippen LogP contribution >= 0.6 is 11.3 Å². The van der Waals surface area contributed by atoms with Crippen molar-refractivity contribution in [1.82, 2.24) is 14.9 Å². The number of aromatic nitrogens is 2. The number of rotatable bonds is 5. The second-order valence-corrected chi connectivity index (χ2v) is 7.05. The summed E-state index contributed by atoms with van der Waals surface area (Å²) >= 11 is 1.67. The van der Waals surface area contributed by atoms with Crippen molar-refractivity contribution < 1.29 is 13.9 Å². The first kappa shape index (κ1) is 15.0. The molecule has 0 aliphatic carbocycles. The lowest BCUT2D eigenvalue weighted by Gasteiger charge is -2.49. The highest BCUT2D eigenvalue weighted by Crippen LogP contribution is 2.40. The van der Waals surface area contributed by atoms with Gasteiger partial charge in [-0.25, -0.2) is 14.4 Å². The van der Waals surface area contributed by atoms with Gasteiger partial charge in [-0.15, -0.1) is 11.3 Å². The Kier molecular flexibility index (Phi) is 4.00. The Balaban J connectivity index is 1.34. The summed E-state index contributed by atoms with van der Waals surface area (Å²) < 4.78 is 25.2. The molecule has 2 fully saturated rings. The molecule has 2 aliphatic heterocycles. The molecule has 0 aromatic carbocycles. The van der Waals surface area contributed by atoms with Crippen molar-refractivity contribution in [2.24, 2.45) is 5.92 Å². The van der Waals surface area contributed by atoms with E-state index >= 15 is 0 Å². The summed E-state index contributed by atoms with van der Waals surface area (Å²) in [5.74, 6) is -0.0653. The molecule has 1 spiro atoms. The van der Waals surface area contributed by atoms with E-state index in [0.29, 0.717) is 6.61 Å². The molecule has 0 unspecified atom stereocenters. The van der Waals surface area contributed by atoms with Crippen LogP contribution < -0.4 is 4.74 Å². The van der Waals surface area contributed by atoms with Crippen LogP contribution in [0.15, 0.2) is 29.9 Å². The Bertz CT molecular complexity index is 661. The van der Waals surface area contributed by atoms with E-state index < -0.39 is 5.82 Å². The minimum Gasteiger partial charge on any atom is -0.475 e. The fourth-order valence-electron chi connectivity index (χ4n) is 3.37. The molecule has 0 radical (unpaired) electrons. The van der Waals surface area contributed by atoms with Gasteiger partial charge in [0.2, 0.25) is 5.88 Å². The third kappa shape index (κ3) is 2.96. The maximum atomic E-state index is 13.6. The molecule has 2 saturated heterocycles. The van der Waals surface area contributed by atoms with E-state index in [1.54, 1.807) is 23.6 Å². The van der Waals surface area contributed by atoms with Crippen LogP contribution in [0.25, 0.3) is 0 Å². The number of hydrogen-bond acceptors (Lipinski definition) is 6. The highest BCUT2D eigenvalue weighted by Gasteiger charge is 2.53. The quantitative estimate of drug-likeness (QED) is 0.839. The molecule has 0 saturated carbocycles. The average molecular weight is 335 g/mol. The fraction of sp³-hybridized carbons (Fsp3) is 0.500. The SMILES string of the molecule is Fc1cccnc1OC[C@H]1CCOC12CN(Cc1nccs1)C2. The molecule has 0 bridgehead atoms. The molecule has 1 atom stereocenters. The number of thiazole rings is 1. The first-order valence-electron chi connectivity index (χ1n) is 7.73. The van der Waals surface area contributed by atoms with Gasteiger partial charge in [-0.05, 0) is 18.6 Å². The van der Waals surface area contributed by atoms with Crippen LogP contribution in [0.1, 0.15) is 11.4 Å². The molecule has 5 nitrogen and oxygen atoms in total. The van der Waals surface area contributed by atoms with Crippen molar-refractivity contribution in [1.29, 1.82) is 0 Å². The van der Waals surface area contributed by atoms with Gasteiger partial charge in [-0.1, -0.05) is 0 Å². The van der Waals surface area contributed by atoms with Crippen LogP contribution in [-0.4, -0.2) is 46.8 Å². The van der Waals surface area contributed by atoms with Gasteiger partial charge in [-0.3, -0.25) is 4.90 Å². The Morgan fingerprint density at radius 3 is 3.09 bits per heavy atom. The summed E-state index contributed by atoms with van der Waals surface area (Å²) in [6, 6.07) is 2.92. The lowest BCUT2D eigenvalue weighted by atomic mass is 9.81. The molecule has 7 heteroatoms. The highest BCUT2D eigenvalue weighted by molar-refractivity contribution is 7.09. The van der Waals surface area contributed by atoms with E-state index in [1.165, 1.54) is 6.07 Å². The summed E-state index contributed by atoms with van der Waals surface area (Å²) in [4.78, 5) is 10.6. The van der Waals surface area contributed by atoms with Gasteiger partial charge in [0.05, 0.1) is 18.8 Å².